The zero-order chi connectivity index (χ0) is 9.83. The van der Waals surface area contributed by atoms with Crippen LogP contribution in [0.5, 0.6) is 0 Å². The molecule has 1 heteroatoms. The van der Waals surface area contributed by atoms with Gasteiger partial charge < -0.3 is 4.98 Å². The summed E-state index contributed by atoms with van der Waals surface area (Å²) in [5.74, 6) is 0. The highest BCUT2D eigenvalue weighted by molar-refractivity contribution is 6.27. The van der Waals surface area contributed by atoms with Crippen molar-refractivity contribution in [1.82, 2.24) is 4.98 Å². The van der Waals surface area contributed by atoms with Crippen molar-refractivity contribution in [2.75, 3.05) is 0 Å². The van der Waals surface area contributed by atoms with Gasteiger partial charge in [-0.25, -0.2) is 0 Å². The lowest BCUT2D eigenvalue weighted by molar-refractivity contribution is 1.62. The summed E-state index contributed by atoms with van der Waals surface area (Å²) in [6.07, 6.45) is 0. The summed E-state index contributed by atoms with van der Waals surface area (Å²) >= 11 is 0. The van der Waals surface area contributed by atoms with Gasteiger partial charge in [0.15, 0.2) is 0 Å². The molecule has 70 valence electrons. The van der Waals surface area contributed by atoms with Crippen LogP contribution in [0.2, 0.25) is 0 Å². The van der Waals surface area contributed by atoms with Gasteiger partial charge in [-0.1, -0.05) is 48.5 Å². The third kappa shape index (κ3) is 0.747. The first-order chi connectivity index (χ1) is 7.45. The minimum absolute atomic E-state index is 1.27. The molecule has 0 saturated carbocycles. The average Bonchev–Trinajstić information content (AvgIpc) is 2.86. The molecule has 0 saturated heterocycles. The van der Waals surface area contributed by atoms with Crippen LogP contribution in [0.4, 0.5) is 0 Å². The lowest BCUT2D eigenvalue weighted by Crippen LogP contribution is -1.72. The third-order valence-corrected chi connectivity index (χ3v) is 3.18. The highest BCUT2D eigenvalue weighted by Crippen LogP contribution is 2.36. The van der Waals surface area contributed by atoms with Gasteiger partial charge in [0, 0.05) is 21.5 Å². The summed E-state index contributed by atoms with van der Waals surface area (Å²) < 4.78 is 0. The van der Waals surface area contributed by atoms with Crippen molar-refractivity contribution < 1.29 is 0 Å². The van der Waals surface area contributed by atoms with Crippen molar-refractivity contribution in [3.05, 3.63) is 48.5 Å². The first-order valence-corrected chi connectivity index (χ1v) is 5.15. The molecule has 0 spiro atoms. The number of fused-ring (bicyclic) bond motifs is 8. The number of nitrogens with one attached hydrogen (secondary N) is 1. The topological polar surface area (TPSA) is 15.8 Å². The monoisotopic (exact) mass is 191 g/mol. The Morgan fingerprint density at radius 3 is 1.20 bits per heavy atom. The fourth-order valence-corrected chi connectivity index (χ4v) is 2.52. The summed E-state index contributed by atoms with van der Waals surface area (Å²) in [6.45, 7) is 0. The highest BCUT2D eigenvalue weighted by atomic mass is 14.7. The van der Waals surface area contributed by atoms with Gasteiger partial charge in [0.05, 0.1) is 11.0 Å². The van der Waals surface area contributed by atoms with Crippen LogP contribution in [-0.2, 0) is 0 Å². The van der Waals surface area contributed by atoms with Crippen LogP contribution in [0.25, 0.3) is 32.6 Å². The number of benzene rings is 3. The molecule has 0 atom stereocenters. The lowest BCUT2D eigenvalue weighted by atomic mass is 10.0. The predicted molar refractivity (Wildman–Crippen MR) is 64.5 cm³/mol. The molecule has 0 aliphatic rings. The van der Waals surface area contributed by atoms with E-state index in [2.05, 4.69) is 53.5 Å². The molecule has 1 nitrogen and oxygen atoms in total. The average molecular weight is 191 g/mol. The summed E-state index contributed by atoms with van der Waals surface area (Å²) in [6, 6.07) is 17.1. The van der Waals surface area contributed by atoms with E-state index in [-0.39, 0.29) is 0 Å². The summed E-state index contributed by atoms with van der Waals surface area (Å²) in [5.41, 5.74) is 2.55. The van der Waals surface area contributed by atoms with Crippen molar-refractivity contribution in [3.63, 3.8) is 0 Å². The van der Waals surface area contributed by atoms with Crippen LogP contribution in [-0.4, -0.2) is 4.98 Å². The standard InChI is InChI=1S/C14H9N/c1-2-6-10-9(5-1)13-11-7-3-4-8-12(11)14(10)15-13/h1-8,15H. The van der Waals surface area contributed by atoms with Crippen molar-refractivity contribution in [1.29, 1.82) is 0 Å². The molecule has 2 aromatic heterocycles. The zero-order valence-electron chi connectivity index (χ0n) is 8.12. The molecule has 0 aliphatic heterocycles. The molecular formula is C14H9N. The Balaban J connectivity index is 2.45. The third-order valence-electron chi connectivity index (χ3n) is 3.18. The van der Waals surface area contributed by atoms with E-state index in [9.17, 15) is 0 Å². The van der Waals surface area contributed by atoms with Crippen molar-refractivity contribution in [3.8, 4) is 0 Å². The molecule has 2 bridgehead atoms. The Morgan fingerprint density at radius 1 is 0.533 bits per heavy atom. The summed E-state index contributed by atoms with van der Waals surface area (Å²) in [4.78, 5) is 3.49. The Kier molecular flexibility index (Phi) is 1.13. The van der Waals surface area contributed by atoms with Crippen LogP contribution in [0.1, 0.15) is 0 Å². The molecular weight excluding hydrogens is 182 g/mol. The van der Waals surface area contributed by atoms with Crippen LogP contribution in [0.3, 0.4) is 0 Å². The predicted octanol–water partition coefficient (Wildman–Crippen LogP) is 3.91. The highest BCUT2D eigenvalue weighted by Gasteiger charge is 2.12. The van der Waals surface area contributed by atoms with E-state index >= 15 is 0 Å². The summed E-state index contributed by atoms with van der Waals surface area (Å²) in [7, 11) is 0. The molecule has 0 fully saturated rings. The molecule has 15 heavy (non-hydrogen) atoms. The fraction of sp³-hybridized carbons (Fsp3) is 0. The van der Waals surface area contributed by atoms with E-state index < -0.39 is 0 Å². The number of aromatic nitrogens is 1. The SMILES string of the molecule is c1ccc2c(c1)c1[nH]c2c2ccccc21. The fourth-order valence-electron chi connectivity index (χ4n) is 2.52. The minimum atomic E-state index is 1.27. The van der Waals surface area contributed by atoms with Gasteiger partial charge in [0.2, 0.25) is 0 Å². The van der Waals surface area contributed by atoms with E-state index in [1.165, 1.54) is 32.6 Å². The van der Waals surface area contributed by atoms with Crippen LogP contribution < -0.4 is 0 Å². The number of rotatable bonds is 0. The van der Waals surface area contributed by atoms with E-state index in [4.69, 9.17) is 0 Å². The maximum Gasteiger partial charge on any atom is 0.0545 e. The number of hydrogen-bond donors (Lipinski definition) is 1. The Bertz CT molecular complexity index is 640. The first-order valence-electron chi connectivity index (χ1n) is 5.15. The van der Waals surface area contributed by atoms with Gasteiger partial charge in [-0.15, -0.1) is 0 Å². The normalized spacial score (nSPS) is 12.0. The second kappa shape index (κ2) is 2.31. The lowest BCUT2D eigenvalue weighted by Gasteiger charge is -1.97. The Hall–Kier alpha value is -2.02. The van der Waals surface area contributed by atoms with E-state index in [1.807, 2.05) is 0 Å². The number of aromatic amines is 1. The molecule has 0 amide bonds. The molecule has 1 N–H and O–H groups in total. The van der Waals surface area contributed by atoms with Crippen molar-refractivity contribution >= 4 is 32.6 Å². The van der Waals surface area contributed by atoms with Crippen molar-refractivity contribution in [2.24, 2.45) is 0 Å². The molecule has 4 aromatic rings. The molecule has 2 heterocycles. The minimum Gasteiger partial charge on any atom is -0.353 e. The van der Waals surface area contributed by atoms with E-state index in [0.29, 0.717) is 0 Å². The molecule has 0 aliphatic carbocycles. The van der Waals surface area contributed by atoms with Crippen molar-refractivity contribution in [2.45, 2.75) is 0 Å². The largest absolute Gasteiger partial charge is 0.353 e. The second-order valence-electron chi connectivity index (χ2n) is 3.97. The Morgan fingerprint density at radius 2 is 0.867 bits per heavy atom. The maximum atomic E-state index is 3.49. The summed E-state index contributed by atoms with van der Waals surface area (Å²) in [5, 5.41) is 5.36. The smallest absolute Gasteiger partial charge is 0.0545 e. The molecule has 0 radical (unpaired) electrons. The van der Waals surface area contributed by atoms with Crippen LogP contribution in [0.15, 0.2) is 48.5 Å². The van der Waals surface area contributed by atoms with Gasteiger partial charge in [0.25, 0.3) is 0 Å². The molecule has 2 aromatic carbocycles. The number of hydrogen-bond acceptors (Lipinski definition) is 0. The van der Waals surface area contributed by atoms with Gasteiger partial charge >= 0.3 is 0 Å². The van der Waals surface area contributed by atoms with Gasteiger partial charge in [-0.05, 0) is 0 Å². The van der Waals surface area contributed by atoms with E-state index in [1.54, 1.807) is 0 Å². The van der Waals surface area contributed by atoms with Crippen LogP contribution >= 0.6 is 0 Å². The quantitative estimate of drug-likeness (QED) is 0.405. The van der Waals surface area contributed by atoms with Crippen LogP contribution in [0, 0.1) is 0 Å². The molecule has 0 unspecified atom stereocenters. The maximum absolute atomic E-state index is 3.49. The second-order valence-corrected chi connectivity index (χ2v) is 3.97. The van der Waals surface area contributed by atoms with Gasteiger partial charge in [-0.2, -0.15) is 0 Å². The first kappa shape index (κ1) is 7.30. The Labute approximate surface area is 86.7 Å². The van der Waals surface area contributed by atoms with E-state index in [0.717, 1.165) is 0 Å². The zero-order valence-corrected chi connectivity index (χ0v) is 8.12. The van der Waals surface area contributed by atoms with Gasteiger partial charge in [0.1, 0.15) is 0 Å². The van der Waals surface area contributed by atoms with Gasteiger partial charge in [-0.3, -0.25) is 0 Å². The number of H-pyrrole nitrogens is 1. The molecule has 4 rings (SSSR count).